The molecule has 0 saturated carbocycles. The summed E-state index contributed by atoms with van der Waals surface area (Å²) in [4.78, 5) is 10.0. The molecule has 0 spiro atoms. The predicted molar refractivity (Wildman–Crippen MR) is 76.2 cm³/mol. The van der Waals surface area contributed by atoms with Crippen LogP contribution in [0.1, 0.15) is 5.56 Å². The minimum absolute atomic E-state index is 0.0358. The van der Waals surface area contributed by atoms with Crippen LogP contribution in [0.5, 0.6) is 0 Å². The molecule has 0 amide bonds. The number of nitrogens with zero attached hydrogens (tertiary/aromatic N) is 4. The van der Waals surface area contributed by atoms with Crippen LogP contribution >= 0.6 is 15.9 Å². The first-order valence-electron chi connectivity index (χ1n) is 5.70. The molecule has 102 valence electrons. The fraction of sp³-hybridized carbons (Fsp3) is 0.167. The Hall–Kier alpha value is -2.40. The molecule has 0 fully saturated rings. The number of nitrogens with one attached hydrogen (secondary N) is 1. The van der Waals surface area contributed by atoms with E-state index in [9.17, 15) is 10.1 Å². The van der Waals surface area contributed by atoms with Gasteiger partial charge < -0.3 is 5.32 Å². The second-order valence-corrected chi connectivity index (χ2v) is 4.86. The van der Waals surface area contributed by atoms with Crippen LogP contribution in [-0.2, 0) is 6.54 Å². The van der Waals surface area contributed by atoms with Crippen molar-refractivity contribution in [2.24, 2.45) is 0 Å². The number of halogens is 1. The van der Waals surface area contributed by atoms with Crippen LogP contribution in [0.15, 0.2) is 35.1 Å². The second-order valence-electron chi connectivity index (χ2n) is 3.95. The fourth-order valence-corrected chi connectivity index (χ4v) is 2.00. The number of hydrogen-bond donors (Lipinski definition) is 1. The molecule has 0 unspecified atom stereocenters. The average molecular weight is 336 g/mol. The number of nitriles is 1. The van der Waals surface area contributed by atoms with Crippen molar-refractivity contribution < 1.29 is 4.92 Å². The fourth-order valence-electron chi connectivity index (χ4n) is 1.64. The van der Waals surface area contributed by atoms with E-state index >= 15 is 0 Å². The van der Waals surface area contributed by atoms with Gasteiger partial charge in [0.15, 0.2) is 0 Å². The number of anilines is 1. The van der Waals surface area contributed by atoms with Gasteiger partial charge in [0, 0.05) is 11.0 Å². The molecule has 0 aliphatic rings. The second kappa shape index (κ2) is 6.16. The Balaban J connectivity index is 1.96. The highest BCUT2D eigenvalue weighted by Crippen LogP contribution is 2.20. The molecule has 0 aliphatic heterocycles. The van der Waals surface area contributed by atoms with Gasteiger partial charge in [0.25, 0.3) is 0 Å². The molecule has 0 saturated heterocycles. The Kier molecular flexibility index (Phi) is 4.32. The smallest absolute Gasteiger partial charge is 0.306 e. The van der Waals surface area contributed by atoms with Crippen LogP contribution < -0.4 is 5.32 Å². The maximum atomic E-state index is 10.5. The number of nitro groups is 1. The third kappa shape index (κ3) is 3.33. The van der Waals surface area contributed by atoms with Gasteiger partial charge in [0.1, 0.15) is 18.5 Å². The Morgan fingerprint density at radius 3 is 3.00 bits per heavy atom. The summed E-state index contributed by atoms with van der Waals surface area (Å²) in [5, 5.41) is 26.5. The molecule has 7 nitrogen and oxygen atoms in total. The zero-order chi connectivity index (χ0) is 14.5. The highest BCUT2D eigenvalue weighted by molar-refractivity contribution is 9.10. The lowest BCUT2D eigenvalue weighted by Gasteiger charge is -2.08. The lowest BCUT2D eigenvalue weighted by molar-refractivity contribution is -0.385. The summed E-state index contributed by atoms with van der Waals surface area (Å²) in [6, 6.07) is 7.46. The van der Waals surface area contributed by atoms with E-state index in [4.69, 9.17) is 5.26 Å². The molecule has 1 aromatic carbocycles. The minimum atomic E-state index is -0.487. The lowest BCUT2D eigenvalue weighted by atomic mass is 10.2. The molecule has 0 aliphatic carbocycles. The molecule has 1 heterocycles. The van der Waals surface area contributed by atoms with E-state index in [0.29, 0.717) is 18.7 Å². The van der Waals surface area contributed by atoms with Crippen molar-refractivity contribution in [2.45, 2.75) is 6.54 Å². The molecule has 1 N–H and O–H groups in total. The maximum Gasteiger partial charge on any atom is 0.306 e. The molecule has 0 atom stereocenters. The van der Waals surface area contributed by atoms with E-state index in [0.717, 1.165) is 10.2 Å². The van der Waals surface area contributed by atoms with Gasteiger partial charge in [0.2, 0.25) is 0 Å². The maximum absolute atomic E-state index is 10.5. The number of rotatable bonds is 5. The van der Waals surface area contributed by atoms with Gasteiger partial charge in [-0.1, -0.05) is 15.9 Å². The minimum Gasteiger partial charge on any atom is -0.382 e. The highest BCUT2D eigenvalue weighted by Gasteiger charge is 2.08. The summed E-state index contributed by atoms with van der Waals surface area (Å²) in [5.74, 6) is 0. The van der Waals surface area contributed by atoms with Crippen molar-refractivity contribution in [3.05, 3.63) is 50.7 Å². The number of hydrogen-bond acceptors (Lipinski definition) is 5. The van der Waals surface area contributed by atoms with E-state index in [2.05, 4.69) is 32.4 Å². The van der Waals surface area contributed by atoms with E-state index in [1.54, 1.807) is 12.1 Å². The summed E-state index contributed by atoms with van der Waals surface area (Å²) >= 11 is 3.30. The Morgan fingerprint density at radius 1 is 1.55 bits per heavy atom. The Morgan fingerprint density at radius 2 is 2.35 bits per heavy atom. The van der Waals surface area contributed by atoms with Crippen LogP contribution in [-0.4, -0.2) is 21.2 Å². The van der Waals surface area contributed by atoms with Crippen LogP contribution in [0.3, 0.4) is 0 Å². The van der Waals surface area contributed by atoms with Crippen LogP contribution in [0.2, 0.25) is 0 Å². The van der Waals surface area contributed by atoms with E-state index in [1.165, 1.54) is 17.1 Å². The van der Waals surface area contributed by atoms with Crippen molar-refractivity contribution in [2.75, 3.05) is 11.9 Å². The summed E-state index contributed by atoms with van der Waals surface area (Å²) in [6.07, 6.45) is 2.58. The molecule has 8 heteroatoms. The van der Waals surface area contributed by atoms with Gasteiger partial charge in [-0.3, -0.25) is 14.8 Å². The van der Waals surface area contributed by atoms with Crippen LogP contribution in [0.25, 0.3) is 0 Å². The quantitative estimate of drug-likeness (QED) is 0.668. The third-order valence-electron chi connectivity index (χ3n) is 2.59. The lowest BCUT2D eigenvalue weighted by Crippen LogP contribution is -2.11. The topological polar surface area (TPSA) is 96.8 Å². The molecule has 0 radical (unpaired) electrons. The third-order valence-corrected chi connectivity index (χ3v) is 3.08. The molecular weight excluding hydrogens is 326 g/mol. The highest BCUT2D eigenvalue weighted by atomic mass is 79.9. The summed E-state index contributed by atoms with van der Waals surface area (Å²) < 4.78 is 2.32. The van der Waals surface area contributed by atoms with E-state index in [1.807, 2.05) is 6.07 Å². The molecule has 2 aromatic rings. The van der Waals surface area contributed by atoms with Crippen LogP contribution in [0.4, 0.5) is 11.4 Å². The van der Waals surface area contributed by atoms with Crippen molar-refractivity contribution >= 4 is 27.3 Å². The van der Waals surface area contributed by atoms with Gasteiger partial charge in [-0.15, -0.1) is 0 Å². The SMILES string of the molecule is N#Cc1cc(Br)ccc1NCCn1cc([N+](=O)[O-])cn1. The monoisotopic (exact) mass is 335 g/mol. The normalized spacial score (nSPS) is 10.0. The van der Waals surface area contributed by atoms with E-state index in [-0.39, 0.29) is 5.69 Å². The summed E-state index contributed by atoms with van der Waals surface area (Å²) in [7, 11) is 0. The number of benzene rings is 1. The molecule has 2 rings (SSSR count). The molecular formula is C12H10BrN5O2. The Bertz CT molecular complexity index is 677. The first-order valence-corrected chi connectivity index (χ1v) is 6.50. The van der Waals surface area contributed by atoms with Gasteiger partial charge in [-0.2, -0.15) is 10.4 Å². The zero-order valence-corrected chi connectivity index (χ0v) is 11.9. The van der Waals surface area contributed by atoms with Gasteiger partial charge in [0.05, 0.1) is 22.7 Å². The molecule has 0 bridgehead atoms. The zero-order valence-electron chi connectivity index (χ0n) is 10.3. The van der Waals surface area contributed by atoms with Crippen molar-refractivity contribution in [1.29, 1.82) is 5.26 Å². The van der Waals surface area contributed by atoms with Gasteiger partial charge >= 0.3 is 5.69 Å². The molecule has 1 aromatic heterocycles. The Labute approximate surface area is 123 Å². The van der Waals surface area contributed by atoms with Crippen LogP contribution in [0, 0.1) is 21.4 Å². The first kappa shape index (κ1) is 14.0. The van der Waals surface area contributed by atoms with Gasteiger partial charge in [-0.25, -0.2) is 0 Å². The molecule has 20 heavy (non-hydrogen) atoms. The van der Waals surface area contributed by atoms with Crippen molar-refractivity contribution in [1.82, 2.24) is 9.78 Å². The average Bonchev–Trinajstić information content (AvgIpc) is 2.89. The number of aromatic nitrogens is 2. The predicted octanol–water partition coefficient (Wildman–Crippen LogP) is 2.54. The van der Waals surface area contributed by atoms with Crippen molar-refractivity contribution in [3.8, 4) is 6.07 Å². The van der Waals surface area contributed by atoms with Crippen molar-refractivity contribution in [3.63, 3.8) is 0 Å². The van der Waals surface area contributed by atoms with Gasteiger partial charge in [-0.05, 0) is 18.2 Å². The summed E-state index contributed by atoms with van der Waals surface area (Å²) in [5.41, 5.74) is 1.22. The summed E-state index contributed by atoms with van der Waals surface area (Å²) in [6.45, 7) is 0.976. The van der Waals surface area contributed by atoms with E-state index < -0.39 is 4.92 Å². The first-order chi connectivity index (χ1) is 9.60. The standard InChI is InChI=1S/C12H10BrN5O2/c13-10-1-2-12(9(5-10)6-14)15-3-4-17-8-11(7-16-17)18(19)20/h1-2,5,7-8,15H,3-4H2. The largest absolute Gasteiger partial charge is 0.382 e.